The van der Waals surface area contributed by atoms with Gasteiger partial charge in [0.15, 0.2) is 0 Å². The van der Waals surface area contributed by atoms with Gasteiger partial charge < -0.3 is 14.2 Å². The summed E-state index contributed by atoms with van der Waals surface area (Å²) >= 11 is 1.84. The Morgan fingerprint density at radius 2 is 0.942 bits per heavy atom. The summed E-state index contributed by atoms with van der Waals surface area (Å²) in [4.78, 5) is 4.74. The molecule has 0 fully saturated rings. The van der Waals surface area contributed by atoms with Crippen LogP contribution in [0.5, 0.6) is 0 Å². The number of thiophene rings is 1. The fourth-order valence-corrected chi connectivity index (χ4v) is 8.62. The fraction of sp³-hybridized carbons (Fsp3) is 0. The third-order valence-corrected chi connectivity index (χ3v) is 10.9. The third kappa shape index (κ3) is 5.20. The van der Waals surface area contributed by atoms with E-state index in [9.17, 15) is 0 Å². The van der Waals surface area contributed by atoms with Crippen molar-refractivity contribution in [2.24, 2.45) is 0 Å². The minimum atomic E-state index is 0.885. The van der Waals surface area contributed by atoms with Crippen LogP contribution in [0.2, 0.25) is 0 Å². The van der Waals surface area contributed by atoms with Crippen molar-refractivity contribution in [2.45, 2.75) is 0 Å². The van der Waals surface area contributed by atoms with Crippen LogP contribution in [-0.4, -0.2) is 0 Å². The number of furan rings is 1. The Bertz CT molecular complexity index is 2820. The first-order valence-corrected chi connectivity index (χ1v) is 18.3. The minimum absolute atomic E-state index is 0.885. The van der Waals surface area contributed by atoms with E-state index >= 15 is 0 Å². The molecule has 0 aliphatic heterocycles. The number of benzene rings is 8. The Balaban J connectivity index is 1.18. The van der Waals surface area contributed by atoms with E-state index in [1.54, 1.807) is 0 Å². The molecule has 2 heterocycles. The van der Waals surface area contributed by atoms with Crippen LogP contribution in [-0.2, 0) is 0 Å². The lowest BCUT2D eigenvalue weighted by Crippen LogP contribution is -2.10. The van der Waals surface area contributed by atoms with Gasteiger partial charge in [0.1, 0.15) is 11.2 Å². The summed E-state index contributed by atoms with van der Waals surface area (Å²) in [7, 11) is 0. The topological polar surface area (TPSA) is 19.6 Å². The SMILES string of the molecule is c1ccc(-c2cccc(N(c3ccc4oc5ccccc5c4c3)c3cccc4sc5cc(N(c6ccccc6)c6ccccc6)ccc5c34)c2)cc1. The standard InChI is InChI=1S/C48H32N2OS/c1-4-14-33(15-5-1)34-16-12-21-37(30-34)50(38-27-29-45-42(31-38)40-22-10-11-24-44(40)51-45)43-23-13-25-46-48(43)41-28-26-39(32-47(41)52-46)49(35-17-6-2-7-18-35)36-19-8-3-9-20-36/h1-32H. The van der Waals surface area contributed by atoms with Crippen molar-refractivity contribution in [1.82, 2.24) is 0 Å². The monoisotopic (exact) mass is 684 g/mol. The van der Waals surface area contributed by atoms with Gasteiger partial charge in [0.25, 0.3) is 0 Å². The molecule has 0 amide bonds. The molecule has 0 saturated carbocycles. The second-order valence-electron chi connectivity index (χ2n) is 13.0. The minimum Gasteiger partial charge on any atom is -0.456 e. The molecule has 10 aromatic rings. The molecule has 8 aromatic carbocycles. The van der Waals surface area contributed by atoms with Gasteiger partial charge in [-0.2, -0.15) is 0 Å². The Labute approximate surface area is 305 Å². The molecule has 52 heavy (non-hydrogen) atoms. The first-order chi connectivity index (χ1) is 25.8. The maximum atomic E-state index is 6.26. The van der Waals surface area contributed by atoms with Crippen molar-refractivity contribution in [3.8, 4) is 11.1 Å². The van der Waals surface area contributed by atoms with Gasteiger partial charge in [0, 0.05) is 59.4 Å². The largest absolute Gasteiger partial charge is 0.456 e. The predicted octanol–water partition coefficient (Wildman–Crippen LogP) is 14.6. The van der Waals surface area contributed by atoms with Gasteiger partial charge in [-0.15, -0.1) is 11.3 Å². The Hall–Kier alpha value is -6.62. The van der Waals surface area contributed by atoms with E-state index in [1.807, 2.05) is 23.5 Å². The number of nitrogens with zero attached hydrogens (tertiary/aromatic N) is 2. The summed E-state index contributed by atoms with van der Waals surface area (Å²) in [6.07, 6.45) is 0. The summed E-state index contributed by atoms with van der Waals surface area (Å²) in [5.74, 6) is 0. The highest BCUT2D eigenvalue weighted by Crippen LogP contribution is 2.47. The molecule has 0 N–H and O–H groups in total. The molecular formula is C48H32N2OS. The molecule has 10 rings (SSSR count). The van der Waals surface area contributed by atoms with Crippen LogP contribution >= 0.6 is 11.3 Å². The van der Waals surface area contributed by atoms with Crippen LogP contribution in [0.4, 0.5) is 34.1 Å². The van der Waals surface area contributed by atoms with Gasteiger partial charge in [0.05, 0.1) is 5.69 Å². The molecule has 0 aliphatic carbocycles. The first kappa shape index (κ1) is 30.2. The molecule has 0 spiro atoms. The number of anilines is 6. The Morgan fingerprint density at radius 3 is 1.73 bits per heavy atom. The molecular weight excluding hydrogens is 653 g/mol. The van der Waals surface area contributed by atoms with E-state index in [-0.39, 0.29) is 0 Å². The number of hydrogen-bond donors (Lipinski definition) is 0. The van der Waals surface area contributed by atoms with Crippen molar-refractivity contribution in [1.29, 1.82) is 0 Å². The summed E-state index contributed by atoms with van der Waals surface area (Å²) in [6, 6.07) is 69.1. The highest BCUT2D eigenvalue weighted by Gasteiger charge is 2.21. The number of fused-ring (bicyclic) bond motifs is 6. The normalized spacial score (nSPS) is 11.5. The average Bonchev–Trinajstić information content (AvgIpc) is 3.78. The van der Waals surface area contributed by atoms with Crippen molar-refractivity contribution >= 4 is 87.6 Å². The summed E-state index contributed by atoms with van der Waals surface area (Å²) < 4.78 is 8.75. The second-order valence-corrected chi connectivity index (χ2v) is 14.1. The number of rotatable bonds is 7. The Morgan fingerprint density at radius 1 is 0.346 bits per heavy atom. The lowest BCUT2D eigenvalue weighted by molar-refractivity contribution is 0.669. The highest BCUT2D eigenvalue weighted by atomic mass is 32.1. The second kappa shape index (κ2) is 12.6. The molecule has 0 unspecified atom stereocenters. The summed E-state index contributed by atoms with van der Waals surface area (Å²) in [5.41, 5.74) is 10.8. The van der Waals surface area contributed by atoms with E-state index in [4.69, 9.17) is 4.42 Å². The van der Waals surface area contributed by atoms with Crippen molar-refractivity contribution < 1.29 is 4.42 Å². The third-order valence-electron chi connectivity index (χ3n) is 9.82. The number of hydrogen-bond acceptors (Lipinski definition) is 4. The van der Waals surface area contributed by atoms with Crippen LogP contribution in [0.25, 0.3) is 53.2 Å². The molecule has 3 nitrogen and oxygen atoms in total. The smallest absolute Gasteiger partial charge is 0.135 e. The van der Waals surface area contributed by atoms with Gasteiger partial charge in [-0.3, -0.25) is 0 Å². The van der Waals surface area contributed by atoms with E-state index < -0.39 is 0 Å². The van der Waals surface area contributed by atoms with E-state index in [1.165, 1.54) is 31.3 Å². The maximum absolute atomic E-state index is 6.26. The van der Waals surface area contributed by atoms with Crippen LogP contribution < -0.4 is 9.80 Å². The molecule has 0 saturated heterocycles. The molecule has 246 valence electrons. The Kier molecular flexibility index (Phi) is 7.33. The van der Waals surface area contributed by atoms with Crippen LogP contribution in [0.3, 0.4) is 0 Å². The lowest BCUT2D eigenvalue weighted by Gasteiger charge is -2.27. The number of para-hydroxylation sites is 3. The molecule has 0 atom stereocenters. The zero-order valence-corrected chi connectivity index (χ0v) is 29.0. The molecule has 0 radical (unpaired) electrons. The summed E-state index contributed by atoms with van der Waals surface area (Å²) in [6.45, 7) is 0. The molecule has 0 bridgehead atoms. The predicted molar refractivity (Wildman–Crippen MR) is 221 cm³/mol. The quantitative estimate of drug-likeness (QED) is 0.167. The van der Waals surface area contributed by atoms with E-state index in [0.29, 0.717) is 0 Å². The zero-order valence-electron chi connectivity index (χ0n) is 28.2. The highest BCUT2D eigenvalue weighted by molar-refractivity contribution is 7.26. The van der Waals surface area contributed by atoms with Gasteiger partial charge in [-0.05, 0) is 96.1 Å². The lowest BCUT2D eigenvalue weighted by atomic mass is 10.0. The first-order valence-electron chi connectivity index (χ1n) is 17.5. The van der Waals surface area contributed by atoms with E-state index in [2.05, 4.69) is 192 Å². The van der Waals surface area contributed by atoms with Gasteiger partial charge in [-0.25, -0.2) is 0 Å². The molecule has 4 heteroatoms. The van der Waals surface area contributed by atoms with Crippen molar-refractivity contribution in [2.75, 3.05) is 9.80 Å². The van der Waals surface area contributed by atoms with Crippen molar-refractivity contribution in [3.05, 3.63) is 194 Å². The fourth-order valence-electron chi connectivity index (χ4n) is 7.46. The summed E-state index contributed by atoms with van der Waals surface area (Å²) in [5, 5.41) is 4.69. The van der Waals surface area contributed by atoms with E-state index in [0.717, 1.165) is 56.1 Å². The van der Waals surface area contributed by atoms with Crippen LogP contribution in [0.1, 0.15) is 0 Å². The van der Waals surface area contributed by atoms with Crippen LogP contribution in [0, 0.1) is 0 Å². The maximum Gasteiger partial charge on any atom is 0.135 e. The van der Waals surface area contributed by atoms with Gasteiger partial charge >= 0.3 is 0 Å². The molecule has 2 aromatic heterocycles. The van der Waals surface area contributed by atoms with Crippen molar-refractivity contribution in [3.63, 3.8) is 0 Å². The zero-order chi connectivity index (χ0) is 34.4. The average molecular weight is 685 g/mol. The van der Waals surface area contributed by atoms with Gasteiger partial charge in [-0.1, -0.05) is 109 Å². The van der Waals surface area contributed by atoms with Gasteiger partial charge in [0.2, 0.25) is 0 Å². The van der Waals surface area contributed by atoms with Crippen LogP contribution in [0.15, 0.2) is 199 Å². The molecule has 0 aliphatic rings.